The summed E-state index contributed by atoms with van der Waals surface area (Å²) in [6, 6.07) is 1.59. The molecule has 0 bridgehead atoms. The Morgan fingerprint density at radius 3 is 2.65 bits per heavy atom. The molecule has 1 unspecified atom stereocenters. The molecule has 0 aromatic heterocycles. The molecule has 1 saturated carbocycles. The van der Waals surface area contributed by atoms with Crippen molar-refractivity contribution in [2.75, 3.05) is 31.1 Å². The minimum Gasteiger partial charge on any atom is -0.313 e. The van der Waals surface area contributed by atoms with Crippen LogP contribution in [-0.2, 0) is 0 Å². The molecule has 0 amide bonds. The van der Waals surface area contributed by atoms with Crippen LogP contribution in [0.15, 0.2) is 0 Å². The normalized spacial score (nSPS) is 29.1. The minimum atomic E-state index is 0.782. The van der Waals surface area contributed by atoms with E-state index in [4.69, 9.17) is 0 Å². The third-order valence-corrected chi connectivity index (χ3v) is 5.38. The summed E-state index contributed by atoms with van der Waals surface area (Å²) in [5.74, 6) is 2.65. The van der Waals surface area contributed by atoms with E-state index in [0.717, 1.165) is 12.1 Å². The van der Waals surface area contributed by atoms with Gasteiger partial charge in [-0.2, -0.15) is 11.8 Å². The molecule has 1 aliphatic heterocycles. The first kappa shape index (κ1) is 13.7. The van der Waals surface area contributed by atoms with E-state index in [1.165, 1.54) is 69.7 Å². The number of nitrogens with one attached hydrogen (secondary N) is 1. The number of thioether (sulfide) groups is 1. The van der Waals surface area contributed by atoms with Gasteiger partial charge >= 0.3 is 0 Å². The summed E-state index contributed by atoms with van der Waals surface area (Å²) < 4.78 is 0. The molecule has 0 aromatic carbocycles. The van der Waals surface area contributed by atoms with Gasteiger partial charge in [0.1, 0.15) is 0 Å². The van der Waals surface area contributed by atoms with Gasteiger partial charge in [-0.05, 0) is 19.8 Å². The fourth-order valence-corrected chi connectivity index (χ4v) is 4.07. The van der Waals surface area contributed by atoms with E-state index in [1.807, 2.05) is 0 Å². The van der Waals surface area contributed by atoms with Crippen molar-refractivity contribution in [2.45, 2.75) is 57.5 Å². The third kappa shape index (κ3) is 4.80. The fraction of sp³-hybridized carbons (Fsp3) is 1.00. The van der Waals surface area contributed by atoms with Crippen molar-refractivity contribution >= 4 is 11.8 Å². The Labute approximate surface area is 111 Å². The summed E-state index contributed by atoms with van der Waals surface area (Å²) in [5.41, 5.74) is 0. The highest BCUT2D eigenvalue weighted by atomic mass is 32.2. The van der Waals surface area contributed by atoms with Crippen LogP contribution in [0.4, 0.5) is 0 Å². The molecular weight excluding hydrogens is 228 g/mol. The quantitative estimate of drug-likeness (QED) is 0.779. The fourth-order valence-electron chi connectivity index (χ4n) is 2.99. The lowest BCUT2D eigenvalue weighted by atomic mass is 10.1. The maximum absolute atomic E-state index is 3.78. The average Bonchev–Trinajstić information content (AvgIpc) is 2.60. The molecule has 0 spiro atoms. The summed E-state index contributed by atoms with van der Waals surface area (Å²) >= 11 is 2.11. The van der Waals surface area contributed by atoms with Crippen LogP contribution in [0.2, 0.25) is 0 Å². The van der Waals surface area contributed by atoms with Crippen molar-refractivity contribution in [3.05, 3.63) is 0 Å². The summed E-state index contributed by atoms with van der Waals surface area (Å²) in [6.07, 6.45) is 8.61. The van der Waals surface area contributed by atoms with Gasteiger partial charge < -0.3 is 5.32 Å². The van der Waals surface area contributed by atoms with Crippen molar-refractivity contribution in [1.82, 2.24) is 10.2 Å². The lowest BCUT2D eigenvalue weighted by Gasteiger charge is -2.33. The first-order chi connectivity index (χ1) is 8.36. The molecule has 2 rings (SSSR count). The first-order valence-electron chi connectivity index (χ1n) is 7.41. The van der Waals surface area contributed by atoms with Crippen molar-refractivity contribution in [1.29, 1.82) is 0 Å². The summed E-state index contributed by atoms with van der Waals surface area (Å²) in [5, 5.41) is 3.78. The summed E-state index contributed by atoms with van der Waals surface area (Å²) in [4.78, 5) is 2.65. The highest BCUT2D eigenvalue weighted by molar-refractivity contribution is 7.99. The second-order valence-electron chi connectivity index (χ2n) is 5.60. The summed E-state index contributed by atoms with van der Waals surface area (Å²) in [6.45, 7) is 6.11. The van der Waals surface area contributed by atoms with Crippen molar-refractivity contribution in [3.8, 4) is 0 Å². The van der Waals surface area contributed by atoms with Crippen LogP contribution >= 0.6 is 11.8 Å². The molecule has 2 fully saturated rings. The molecule has 1 atom stereocenters. The Morgan fingerprint density at radius 1 is 1.18 bits per heavy atom. The molecule has 1 heterocycles. The van der Waals surface area contributed by atoms with E-state index in [-0.39, 0.29) is 0 Å². The van der Waals surface area contributed by atoms with Gasteiger partial charge in [0, 0.05) is 43.2 Å². The molecule has 100 valence electrons. The van der Waals surface area contributed by atoms with E-state index < -0.39 is 0 Å². The Morgan fingerprint density at radius 2 is 1.94 bits per heavy atom. The van der Waals surface area contributed by atoms with E-state index in [0.29, 0.717) is 0 Å². The van der Waals surface area contributed by atoms with E-state index in [2.05, 4.69) is 28.9 Å². The number of hydrogen-bond acceptors (Lipinski definition) is 3. The monoisotopic (exact) mass is 256 g/mol. The zero-order chi connectivity index (χ0) is 11.9. The maximum atomic E-state index is 3.78. The number of rotatable bonds is 4. The van der Waals surface area contributed by atoms with E-state index in [9.17, 15) is 0 Å². The largest absolute Gasteiger partial charge is 0.313 e. The molecule has 1 saturated heterocycles. The van der Waals surface area contributed by atoms with Crippen LogP contribution in [0.25, 0.3) is 0 Å². The molecule has 0 radical (unpaired) electrons. The molecule has 2 aliphatic rings. The number of nitrogens with zero attached hydrogens (tertiary/aromatic N) is 1. The smallest absolute Gasteiger partial charge is 0.0158 e. The molecule has 1 N–H and O–H groups in total. The van der Waals surface area contributed by atoms with Crippen LogP contribution in [0, 0.1) is 0 Å². The Hall–Kier alpha value is 0.270. The second-order valence-corrected chi connectivity index (χ2v) is 6.75. The van der Waals surface area contributed by atoms with Gasteiger partial charge in [-0.1, -0.05) is 25.7 Å². The lowest BCUT2D eigenvalue weighted by Crippen LogP contribution is -2.45. The Bertz CT molecular complexity index is 202. The predicted molar refractivity (Wildman–Crippen MR) is 77.9 cm³/mol. The predicted octanol–water partition coefficient (Wildman–Crippen LogP) is 2.74. The van der Waals surface area contributed by atoms with Gasteiger partial charge in [-0.3, -0.25) is 4.90 Å². The summed E-state index contributed by atoms with van der Waals surface area (Å²) in [7, 11) is 0. The zero-order valence-corrected chi connectivity index (χ0v) is 12.1. The Balaban J connectivity index is 1.60. The van der Waals surface area contributed by atoms with Gasteiger partial charge in [0.2, 0.25) is 0 Å². The van der Waals surface area contributed by atoms with Gasteiger partial charge in [-0.15, -0.1) is 0 Å². The second kappa shape index (κ2) is 7.65. The van der Waals surface area contributed by atoms with Gasteiger partial charge in [0.25, 0.3) is 0 Å². The zero-order valence-electron chi connectivity index (χ0n) is 11.3. The molecule has 17 heavy (non-hydrogen) atoms. The maximum Gasteiger partial charge on any atom is 0.0158 e. The first-order valence-corrected chi connectivity index (χ1v) is 8.57. The standard InChI is InChI=1S/C14H28N2S/c1-13-12-17-11-10-16(13)9-8-15-14-6-4-2-3-5-7-14/h13-15H,2-12H2,1H3. The van der Waals surface area contributed by atoms with Crippen LogP contribution in [0.1, 0.15) is 45.4 Å². The lowest BCUT2D eigenvalue weighted by molar-refractivity contribution is 0.228. The molecule has 3 heteroatoms. The Kier molecular flexibility index (Phi) is 6.16. The van der Waals surface area contributed by atoms with E-state index in [1.54, 1.807) is 0 Å². The van der Waals surface area contributed by atoms with Gasteiger partial charge in [-0.25, -0.2) is 0 Å². The van der Waals surface area contributed by atoms with Crippen LogP contribution in [-0.4, -0.2) is 48.1 Å². The van der Waals surface area contributed by atoms with Crippen molar-refractivity contribution < 1.29 is 0 Å². The van der Waals surface area contributed by atoms with Crippen molar-refractivity contribution in [3.63, 3.8) is 0 Å². The van der Waals surface area contributed by atoms with Crippen LogP contribution in [0.3, 0.4) is 0 Å². The average molecular weight is 256 g/mol. The highest BCUT2D eigenvalue weighted by Crippen LogP contribution is 2.18. The van der Waals surface area contributed by atoms with Gasteiger partial charge in [0.05, 0.1) is 0 Å². The van der Waals surface area contributed by atoms with Crippen molar-refractivity contribution in [2.24, 2.45) is 0 Å². The van der Waals surface area contributed by atoms with E-state index >= 15 is 0 Å². The third-order valence-electron chi connectivity index (χ3n) is 4.19. The topological polar surface area (TPSA) is 15.3 Å². The SMILES string of the molecule is CC1CSCCN1CCNC1CCCCCC1. The molecule has 1 aliphatic carbocycles. The van der Waals surface area contributed by atoms with Crippen LogP contribution in [0.5, 0.6) is 0 Å². The number of hydrogen-bond donors (Lipinski definition) is 1. The molecule has 0 aromatic rings. The molecule has 2 nitrogen and oxygen atoms in total. The molecular formula is C14H28N2S. The minimum absolute atomic E-state index is 0.782. The highest BCUT2D eigenvalue weighted by Gasteiger charge is 2.18. The van der Waals surface area contributed by atoms with Gasteiger partial charge in [0.15, 0.2) is 0 Å². The van der Waals surface area contributed by atoms with Crippen LogP contribution < -0.4 is 5.32 Å².